The molecule has 0 fully saturated rings. The molecule has 0 spiro atoms. The maximum Gasteiger partial charge on any atom is 0.340 e. The lowest BCUT2D eigenvalue weighted by molar-refractivity contribution is -0.135. The fourth-order valence-electron chi connectivity index (χ4n) is 2.94. The van der Waals surface area contributed by atoms with Gasteiger partial charge in [-0.3, -0.25) is 0 Å². The lowest BCUT2D eigenvalue weighted by Crippen LogP contribution is -2.24. The lowest BCUT2D eigenvalue weighted by Gasteiger charge is -2.24. The molecule has 0 radical (unpaired) electrons. The monoisotopic (exact) mass is 345 g/mol. The number of methoxy groups -OCH3 is 1. The standard InChI is InChI=1S/C22H19NO3/c1-26-22(25)20-11-6-12-23(21(20)16-24)15-19-10-5-9-18(14-19)13-17-7-3-2-4-8-17/h2-12,14H,13,15H2,1H3. The Morgan fingerprint density at radius 1 is 1.04 bits per heavy atom. The van der Waals surface area contributed by atoms with E-state index < -0.39 is 5.97 Å². The number of carbonyl (C=O) groups excluding carboxylic acids is 2. The second-order valence-corrected chi connectivity index (χ2v) is 5.97. The van der Waals surface area contributed by atoms with Gasteiger partial charge in [0.05, 0.1) is 12.7 Å². The molecule has 0 aromatic heterocycles. The molecule has 1 aliphatic heterocycles. The highest BCUT2D eigenvalue weighted by molar-refractivity contribution is 5.96. The molecule has 4 nitrogen and oxygen atoms in total. The molecular formula is C22H19NO3. The topological polar surface area (TPSA) is 46.6 Å². The average Bonchev–Trinajstić information content (AvgIpc) is 2.68. The largest absolute Gasteiger partial charge is 0.465 e. The van der Waals surface area contributed by atoms with E-state index in [4.69, 9.17) is 4.74 Å². The molecule has 2 aromatic rings. The van der Waals surface area contributed by atoms with E-state index in [1.165, 1.54) is 18.2 Å². The van der Waals surface area contributed by atoms with Gasteiger partial charge in [0.15, 0.2) is 5.94 Å². The van der Waals surface area contributed by atoms with Gasteiger partial charge in [-0.05, 0) is 35.3 Å². The van der Waals surface area contributed by atoms with Gasteiger partial charge in [-0.2, -0.15) is 0 Å². The summed E-state index contributed by atoms with van der Waals surface area (Å²) in [5.74, 6) is 1.32. The Kier molecular flexibility index (Phi) is 5.47. The number of esters is 1. The molecular weight excluding hydrogens is 326 g/mol. The number of allylic oxidation sites excluding steroid dienone is 2. The van der Waals surface area contributed by atoms with E-state index in [0.717, 1.165) is 12.0 Å². The fourth-order valence-corrected chi connectivity index (χ4v) is 2.94. The fraction of sp³-hybridized carbons (Fsp3) is 0.136. The minimum Gasteiger partial charge on any atom is -0.465 e. The van der Waals surface area contributed by atoms with Crippen LogP contribution in [0.3, 0.4) is 0 Å². The second-order valence-electron chi connectivity index (χ2n) is 5.97. The van der Waals surface area contributed by atoms with E-state index in [9.17, 15) is 9.59 Å². The van der Waals surface area contributed by atoms with Crippen molar-refractivity contribution in [2.45, 2.75) is 13.0 Å². The Morgan fingerprint density at radius 2 is 1.77 bits per heavy atom. The highest BCUT2D eigenvalue weighted by atomic mass is 16.5. The van der Waals surface area contributed by atoms with Gasteiger partial charge in [-0.15, -0.1) is 0 Å². The van der Waals surface area contributed by atoms with Crippen LogP contribution in [0, 0.1) is 0 Å². The molecule has 0 atom stereocenters. The molecule has 0 saturated carbocycles. The van der Waals surface area contributed by atoms with Gasteiger partial charge in [-0.25, -0.2) is 9.59 Å². The van der Waals surface area contributed by atoms with Crippen LogP contribution in [-0.4, -0.2) is 23.9 Å². The summed E-state index contributed by atoms with van der Waals surface area (Å²) < 4.78 is 4.74. The molecule has 1 aliphatic rings. The third kappa shape index (κ3) is 4.00. The second kappa shape index (κ2) is 8.15. The molecule has 26 heavy (non-hydrogen) atoms. The van der Waals surface area contributed by atoms with Gasteiger partial charge in [0.2, 0.25) is 0 Å². The SMILES string of the molecule is COC(=O)C1=CC=CN(Cc2cccc(Cc3ccccc3)c2)C1=C=O. The van der Waals surface area contributed by atoms with Crippen LogP contribution in [0.25, 0.3) is 0 Å². The number of benzene rings is 2. The summed E-state index contributed by atoms with van der Waals surface area (Å²) >= 11 is 0. The molecule has 0 amide bonds. The maximum absolute atomic E-state index is 11.8. The van der Waals surface area contributed by atoms with Gasteiger partial charge in [-0.1, -0.05) is 54.6 Å². The first-order valence-corrected chi connectivity index (χ1v) is 8.32. The van der Waals surface area contributed by atoms with E-state index in [2.05, 4.69) is 24.3 Å². The average molecular weight is 345 g/mol. The Bertz CT molecular complexity index is 906. The van der Waals surface area contributed by atoms with Crippen LogP contribution in [0.4, 0.5) is 0 Å². The summed E-state index contributed by atoms with van der Waals surface area (Å²) in [7, 11) is 1.29. The Balaban J connectivity index is 1.78. The number of carbonyl (C=O) groups is 1. The zero-order valence-electron chi connectivity index (χ0n) is 14.5. The van der Waals surface area contributed by atoms with Crippen LogP contribution in [0.5, 0.6) is 0 Å². The quantitative estimate of drug-likeness (QED) is 0.615. The highest BCUT2D eigenvalue weighted by Gasteiger charge is 2.23. The normalized spacial score (nSPS) is 13.2. The smallest absolute Gasteiger partial charge is 0.340 e. The van der Waals surface area contributed by atoms with Crippen molar-refractivity contribution >= 4 is 11.9 Å². The van der Waals surface area contributed by atoms with Crippen LogP contribution in [-0.2, 0) is 27.3 Å². The molecule has 130 valence electrons. The first kappa shape index (κ1) is 17.5. The highest BCUT2D eigenvalue weighted by Crippen LogP contribution is 2.22. The van der Waals surface area contributed by atoms with Crippen molar-refractivity contribution in [3.05, 3.63) is 101 Å². The summed E-state index contributed by atoms with van der Waals surface area (Å²) in [6, 6.07) is 18.4. The Labute approximate surface area is 152 Å². The number of ether oxygens (including phenoxy) is 1. The van der Waals surface area contributed by atoms with Crippen molar-refractivity contribution in [2.24, 2.45) is 0 Å². The van der Waals surface area contributed by atoms with Crippen LogP contribution < -0.4 is 0 Å². The van der Waals surface area contributed by atoms with Crippen LogP contribution >= 0.6 is 0 Å². The Morgan fingerprint density at radius 3 is 2.50 bits per heavy atom. The molecule has 0 unspecified atom stereocenters. The van der Waals surface area contributed by atoms with Crippen molar-refractivity contribution in [1.82, 2.24) is 4.90 Å². The summed E-state index contributed by atoms with van der Waals surface area (Å²) in [6.45, 7) is 0.470. The molecule has 0 N–H and O–H groups in total. The van der Waals surface area contributed by atoms with Crippen LogP contribution in [0.1, 0.15) is 16.7 Å². The van der Waals surface area contributed by atoms with Crippen LogP contribution in [0.15, 0.2) is 84.2 Å². The molecule has 2 aromatic carbocycles. The molecule has 4 heteroatoms. The third-order valence-electron chi connectivity index (χ3n) is 4.17. The van der Waals surface area contributed by atoms with Crippen molar-refractivity contribution in [1.29, 1.82) is 0 Å². The van der Waals surface area contributed by atoms with E-state index in [1.54, 1.807) is 23.3 Å². The Hall–Kier alpha value is -3.36. The van der Waals surface area contributed by atoms with Crippen molar-refractivity contribution in [3.8, 4) is 0 Å². The van der Waals surface area contributed by atoms with Gasteiger partial charge in [0.25, 0.3) is 0 Å². The number of nitrogens with zero attached hydrogens (tertiary/aromatic N) is 1. The summed E-state index contributed by atoms with van der Waals surface area (Å²) in [6.07, 6.45) is 5.89. The van der Waals surface area contributed by atoms with Crippen molar-refractivity contribution in [3.63, 3.8) is 0 Å². The van der Waals surface area contributed by atoms with Gasteiger partial charge in [0, 0.05) is 12.7 Å². The van der Waals surface area contributed by atoms with Gasteiger partial charge >= 0.3 is 5.97 Å². The zero-order valence-corrected chi connectivity index (χ0v) is 14.5. The van der Waals surface area contributed by atoms with E-state index in [-0.39, 0.29) is 11.3 Å². The molecule has 0 saturated heterocycles. The number of hydrogen-bond acceptors (Lipinski definition) is 4. The van der Waals surface area contributed by atoms with E-state index in [0.29, 0.717) is 6.54 Å². The number of hydrogen-bond donors (Lipinski definition) is 0. The van der Waals surface area contributed by atoms with Crippen LogP contribution in [0.2, 0.25) is 0 Å². The van der Waals surface area contributed by atoms with E-state index >= 15 is 0 Å². The molecule has 3 rings (SSSR count). The molecule has 0 aliphatic carbocycles. The summed E-state index contributed by atoms with van der Waals surface area (Å²) in [5.41, 5.74) is 3.88. The zero-order chi connectivity index (χ0) is 18.4. The lowest BCUT2D eigenvalue weighted by atomic mass is 10.0. The summed E-state index contributed by atoms with van der Waals surface area (Å²) in [4.78, 5) is 25.0. The predicted molar refractivity (Wildman–Crippen MR) is 99.7 cm³/mol. The first-order valence-electron chi connectivity index (χ1n) is 8.32. The maximum atomic E-state index is 11.8. The van der Waals surface area contributed by atoms with Gasteiger partial charge < -0.3 is 9.64 Å². The molecule has 0 bridgehead atoms. The van der Waals surface area contributed by atoms with Crippen molar-refractivity contribution < 1.29 is 14.3 Å². The first-order chi connectivity index (χ1) is 12.7. The number of rotatable bonds is 5. The van der Waals surface area contributed by atoms with Crippen molar-refractivity contribution in [2.75, 3.05) is 7.11 Å². The minimum atomic E-state index is -0.546. The third-order valence-corrected chi connectivity index (χ3v) is 4.17. The summed E-state index contributed by atoms with van der Waals surface area (Å²) in [5, 5.41) is 0. The molecule has 1 heterocycles. The predicted octanol–water partition coefficient (Wildman–Crippen LogP) is 3.42. The minimum absolute atomic E-state index is 0.188. The van der Waals surface area contributed by atoms with Gasteiger partial charge in [0.1, 0.15) is 5.70 Å². The van der Waals surface area contributed by atoms with E-state index in [1.807, 2.05) is 36.3 Å².